The number of rotatable bonds is 7. The molecule has 0 atom stereocenters. The van der Waals surface area contributed by atoms with Crippen molar-refractivity contribution in [1.82, 2.24) is 5.32 Å². The number of benzene rings is 2. The van der Waals surface area contributed by atoms with Crippen LogP contribution in [0.25, 0.3) is 11.0 Å². The van der Waals surface area contributed by atoms with E-state index in [4.69, 9.17) is 9.15 Å². The van der Waals surface area contributed by atoms with Gasteiger partial charge in [0.1, 0.15) is 11.3 Å². The van der Waals surface area contributed by atoms with Crippen LogP contribution in [0.2, 0.25) is 0 Å². The zero-order valence-electron chi connectivity index (χ0n) is 16.2. The van der Waals surface area contributed by atoms with Crippen molar-refractivity contribution in [3.8, 4) is 5.75 Å². The molecule has 0 saturated carbocycles. The second-order valence-electron chi connectivity index (χ2n) is 6.94. The Morgan fingerprint density at radius 2 is 1.83 bits per heavy atom. The zero-order valence-corrected chi connectivity index (χ0v) is 16.2. The number of amides is 2. The molecule has 0 aliphatic heterocycles. The van der Waals surface area contributed by atoms with Gasteiger partial charge in [-0.1, -0.05) is 26.0 Å². The minimum atomic E-state index is -0.459. The highest BCUT2D eigenvalue weighted by Crippen LogP contribution is 2.20. The first-order valence-electron chi connectivity index (χ1n) is 9.26. The molecule has 2 N–H and O–H groups in total. The highest BCUT2D eigenvalue weighted by Gasteiger charge is 2.13. The fourth-order valence-electron chi connectivity index (χ4n) is 2.65. The van der Waals surface area contributed by atoms with E-state index in [0.717, 1.165) is 5.39 Å². The van der Waals surface area contributed by atoms with Gasteiger partial charge in [-0.25, -0.2) is 4.79 Å². The third-order valence-electron chi connectivity index (χ3n) is 4.08. The summed E-state index contributed by atoms with van der Waals surface area (Å²) in [6.45, 7) is 4.29. The van der Waals surface area contributed by atoms with E-state index in [2.05, 4.69) is 10.6 Å². The van der Waals surface area contributed by atoms with E-state index in [1.165, 1.54) is 6.07 Å². The molecule has 7 heteroatoms. The van der Waals surface area contributed by atoms with E-state index in [-0.39, 0.29) is 12.5 Å². The quantitative estimate of drug-likeness (QED) is 0.600. The van der Waals surface area contributed by atoms with Crippen molar-refractivity contribution >= 4 is 28.5 Å². The maximum absolute atomic E-state index is 12.4. The van der Waals surface area contributed by atoms with Crippen LogP contribution in [0.15, 0.2) is 63.8 Å². The van der Waals surface area contributed by atoms with Crippen LogP contribution in [-0.4, -0.2) is 25.0 Å². The van der Waals surface area contributed by atoms with Gasteiger partial charge in [-0.15, -0.1) is 0 Å². The van der Waals surface area contributed by atoms with Crippen molar-refractivity contribution in [2.24, 2.45) is 5.92 Å². The van der Waals surface area contributed by atoms with Crippen LogP contribution < -0.4 is 21.0 Å². The predicted octanol–water partition coefficient (Wildman–Crippen LogP) is 3.20. The molecule has 0 fully saturated rings. The van der Waals surface area contributed by atoms with Crippen LogP contribution in [-0.2, 0) is 4.79 Å². The zero-order chi connectivity index (χ0) is 20.8. The summed E-state index contributed by atoms with van der Waals surface area (Å²) in [5, 5.41) is 6.28. The molecule has 7 nitrogen and oxygen atoms in total. The van der Waals surface area contributed by atoms with Crippen molar-refractivity contribution in [2.75, 3.05) is 18.5 Å². The Bertz CT molecular complexity index is 1090. The first kappa shape index (κ1) is 20.1. The second-order valence-corrected chi connectivity index (χ2v) is 6.94. The lowest BCUT2D eigenvalue weighted by atomic mass is 10.1. The van der Waals surface area contributed by atoms with Crippen molar-refractivity contribution in [1.29, 1.82) is 0 Å². The van der Waals surface area contributed by atoms with E-state index in [9.17, 15) is 14.4 Å². The van der Waals surface area contributed by atoms with Gasteiger partial charge in [-0.2, -0.15) is 0 Å². The van der Waals surface area contributed by atoms with E-state index in [1.807, 2.05) is 13.8 Å². The van der Waals surface area contributed by atoms with Crippen LogP contribution in [0.4, 0.5) is 5.69 Å². The molecule has 1 aromatic heterocycles. The summed E-state index contributed by atoms with van der Waals surface area (Å²) in [5.74, 6) is 0.0502. The summed E-state index contributed by atoms with van der Waals surface area (Å²) in [5.41, 5.74) is 0.711. The van der Waals surface area contributed by atoms with E-state index in [1.54, 1.807) is 48.5 Å². The van der Waals surface area contributed by atoms with Gasteiger partial charge < -0.3 is 19.8 Å². The summed E-state index contributed by atoms with van der Waals surface area (Å²) in [6, 6.07) is 14.7. The van der Waals surface area contributed by atoms with E-state index < -0.39 is 11.5 Å². The number of hydrogen-bond acceptors (Lipinski definition) is 5. The Morgan fingerprint density at radius 1 is 1.07 bits per heavy atom. The Morgan fingerprint density at radius 3 is 2.62 bits per heavy atom. The molecule has 1 heterocycles. The molecule has 2 aromatic carbocycles. The van der Waals surface area contributed by atoms with Crippen molar-refractivity contribution in [3.05, 3.63) is 70.6 Å². The topological polar surface area (TPSA) is 97.6 Å². The molecular weight excluding hydrogens is 372 g/mol. The molecule has 0 saturated heterocycles. The smallest absolute Gasteiger partial charge is 0.336 e. The van der Waals surface area contributed by atoms with Gasteiger partial charge in [0.15, 0.2) is 6.61 Å². The van der Waals surface area contributed by atoms with Crippen LogP contribution in [0.3, 0.4) is 0 Å². The average molecular weight is 394 g/mol. The summed E-state index contributed by atoms with van der Waals surface area (Å²) in [4.78, 5) is 36.0. The number of anilines is 1. The minimum absolute atomic E-state index is 0.250. The maximum atomic E-state index is 12.4. The first-order valence-corrected chi connectivity index (χ1v) is 9.26. The Hall–Kier alpha value is -3.61. The van der Waals surface area contributed by atoms with Crippen molar-refractivity contribution < 1.29 is 18.7 Å². The molecule has 150 valence electrons. The highest BCUT2D eigenvalue weighted by molar-refractivity contribution is 6.04. The molecule has 29 heavy (non-hydrogen) atoms. The normalized spacial score (nSPS) is 10.7. The van der Waals surface area contributed by atoms with Gasteiger partial charge in [0, 0.05) is 24.1 Å². The van der Waals surface area contributed by atoms with Crippen LogP contribution >= 0.6 is 0 Å². The third-order valence-corrected chi connectivity index (χ3v) is 4.08. The fraction of sp³-hybridized carbons (Fsp3) is 0.227. The summed E-state index contributed by atoms with van der Waals surface area (Å²) >= 11 is 0. The summed E-state index contributed by atoms with van der Waals surface area (Å²) < 4.78 is 10.6. The molecule has 0 aliphatic carbocycles. The SMILES string of the molecule is CC(C)CNC(=O)c1ccccc1NC(=O)COc1ccc2ccc(=O)oc2c1. The minimum Gasteiger partial charge on any atom is -0.484 e. The first-order chi connectivity index (χ1) is 13.9. The summed E-state index contributed by atoms with van der Waals surface area (Å²) in [6.07, 6.45) is 0. The van der Waals surface area contributed by atoms with E-state index >= 15 is 0 Å². The molecule has 0 radical (unpaired) electrons. The third kappa shape index (κ3) is 5.44. The predicted molar refractivity (Wildman–Crippen MR) is 110 cm³/mol. The van der Waals surface area contributed by atoms with Crippen LogP contribution in [0.5, 0.6) is 5.75 Å². The lowest BCUT2D eigenvalue weighted by Crippen LogP contribution is -2.29. The van der Waals surface area contributed by atoms with Gasteiger partial charge in [-0.05, 0) is 36.2 Å². The van der Waals surface area contributed by atoms with Crippen molar-refractivity contribution in [2.45, 2.75) is 13.8 Å². The molecule has 2 amide bonds. The van der Waals surface area contributed by atoms with Gasteiger partial charge in [0.2, 0.25) is 0 Å². The lowest BCUT2D eigenvalue weighted by molar-refractivity contribution is -0.118. The Labute approximate surface area is 167 Å². The molecule has 0 unspecified atom stereocenters. The van der Waals surface area contributed by atoms with Gasteiger partial charge >= 0.3 is 5.63 Å². The monoisotopic (exact) mass is 394 g/mol. The number of carbonyl (C=O) groups is 2. The number of para-hydroxylation sites is 1. The van der Waals surface area contributed by atoms with Gasteiger partial charge in [-0.3, -0.25) is 9.59 Å². The number of ether oxygens (including phenoxy) is 1. The number of nitrogens with one attached hydrogen (secondary N) is 2. The molecule has 3 rings (SSSR count). The molecule has 0 spiro atoms. The van der Waals surface area contributed by atoms with E-state index in [0.29, 0.717) is 35.0 Å². The molecule has 0 aliphatic rings. The van der Waals surface area contributed by atoms with Gasteiger partial charge in [0.05, 0.1) is 11.3 Å². The van der Waals surface area contributed by atoms with Crippen LogP contribution in [0.1, 0.15) is 24.2 Å². The van der Waals surface area contributed by atoms with Crippen LogP contribution in [0, 0.1) is 5.92 Å². The Balaban J connectivity index is 1.64. The van der Waals surface area contributed by atoms with Crippen molar-refractivity contribution in [3.63, 3.8) is 0 Å². The molecular formula is C22H22N2O5. The maximum Gasteiger partial charge on any atom is 0.336 e. The van der Waals surface area contributed by atoms with Gasteiger partial charge in [0.25, 0.3) is 11.8 Å². The number of fused-ring (bicyclic) bond motifs is 1. The summed E-state index contributed by atoms with van der Waals surface area (Å²) in [7, 11) is 0. The average Bonchev–Trinajstić information content (AvgIpc) is 2.70. The lowest BCUT2D eigenvalue weighted by Gasteiger charge is -2.13. The number of hydrogen-bond donors (Lipinski definition) is 2. The second kappa shape index (κ2) is 9.05. The largest absolute Gasteiger partial charge is 0.484 e. The fourth-order valence-corrected chi connectivity index (χ4v) is 2.65. The standard InChI is InChI=1S/C22H22N2O5/c1-14(2)12-23-22(27)17-5-3-4-6-18(17)24-20(25)13-28-16-9-7-15-8-10-21(26)29-19(15)11-16/h3-11,14H,12-13H2,1-2H3,(H,23,27)(H,24,25). The molecule has 0 bridgehead atoms. The Kier molecular flexibility index (Phi) is 6.29. The number of carbonyl (C=O) groups excluding carboxylic acids is 2. The highest BCUT2D eigenvalue weighted by atomic mass is 16.5. The molecule has 3 aromatic rings.